The summed E-state index contributed by atoms with van der Waals surface area (Å²) >= 11 is 0. The van der Waals surface area contributed by atoms with Crippen molar-refractivity contribution in [2.75, 3.05) is 12.3 Å². The van der Waals surface area contributed by atoms with Crippen LogP contribution in [0.2, 0.25) is 0 Å². The molecule has 0 spiro atoms. The van der Waals surface area contributed by atoms with Crippen LogP contribution in [0.15, 0.2) is 10.9 Å². The first kappa shape index (κ1) is 7.74. The van der Waals surface area contributed by atoms with Crippen molar-refractivity contribution in [3.8, 4) is 0 Å². The summed E-state index contributed by atoms with van der Waals surface area (Å²) in [5.41, 5.74) is 10.3. The number of aromatic amines is 1. The van der Waals surface area contributed by atoms with E-state index in [2.05, 4.69) is 9.97 Å². The molecule has 0 aliphatic heterocycles. The first-order valence-electron chi connectivity index (χ1n) is 3.28. The zero-order valence-electron chi connectivity index (χ0n) is 6.00. The summed E-state index contributed by atoms with van der Waals surface area (Å²) in [6, 6.07) is 1.24. The van der Waals surface area contributed by atoms with E-state index in [1.807, 2.05) is 0 Å². The number of nitrogens with zero attached hydrogens (tertiary/aromatic N) is 1. The van der Waals surface area contributed by atoms with Gasteiger partial charge in [-0.15, -0.1) is 0 Å². The molecule has 11 heavy (non-hydrogen) atoms. The molecular formula is C6H10N4O. The second-order valence-electron chi connectivity index (χ2n) is 2.16. The monoisotopic (exact) mass is 154 g/mol. The van der Waals surface area contributed by atoms with Crippen molar-refractivity contribution in [1.29, 1.82) is 0 Å². The van der Waals surface area contributed by atoms with E-state index in [0.29, 0.717) is 18.8 Å². The lowest BCUT2D eigenvalue weighted by Crippen LogP contribution is -2.15. The minimum Gasteiger partial charge on any atom is -0.383 e. The molecule has 5 N–H and O–H groups in total. The van der Waals surface area contributed by atoms with Crippen LogP contribution in [0.3, 0.4) is 0 Å². The Hall–Kier alpha value is -1.36. The average molecular weight is 154 g/mol. The highest BCUT2D eigenvalue weighted by Gasteiger charge is 1.95. The van der Waals surface area contributed by atoms with Crippen LogP contribution in [0.25, 0.3) is 0 Å². The fourth-order valence-electron chi connectivity index (χ4n) is 0.784. The van der Waals surface area contributed by atoms with Gasteiger partial charge in [-0.3, -0.25) is 4.79 Å². The molecule has 1 aromatic heterocycles. The second-order valence-corrected chi connectivity index (χ2v) is 2.16. The van der Waals surface area contributed by atoms with Crippen molar-refractivity contribution in [2.24, 2.45) is 5.73 Å². The maximum Gasteiger partial charge on any atom is 0.252 e. The van der Waals surface area contributed by atoms with E-state index in [9.17, 15) is 4.79 Å². The maximum atomic E-state index is 10.8. The summed E-state index contributed by atoms with van der Waals surface area (Å²) in [7, 11) is 0. The van der Waals surface area contributed by atoms with Gasteiger partial charge in [0.2, 0.25) is 0 Å². The molecule has 5 heteroatoms. The summed E-state index contributed by atoms with van der Waals surface area (Å²) < 4.78 is 0. The smallest absolute Gasteiger partial charge is 0.252 e. The van der Waals surface area contributed by atoms with Crippen LogP contribution < -0.4 is 17.0 Å². The highest BCUT2D eigenvalue weighted by Crippen LogP contribution is 1.91. The molecule has 0 aliphatic carbocycles. The molecule has 0 aromatic carbocycles. The standard InChI is InChI=1S/C6H10N4O/c7-2-1-5-9-4(8)3-6(11)10-5/h3H,1-2,7H2,(H3,8,9,10,11). The van der Waals surface area contributed by atoms with Crippen LogP contribution in [0.1, 0.15) is 5.82 Å². The van der Waals surface area contributed by atoms with Crippen molar-refractivity contribution in [2.45, 2.75) is 6.42 Å². The normalized spacial score (nSPS) is 9.91. The van der Waals surface area contributed by atoms with E-state index in [1.54, 1.807) is 0 Å². The number of hydrogen-bond donors (Lipinski definition) is 3. The topological polar surface area (TPSA) is 97.8 Å². The van der Waals surface area contributed by atoms with Crippen LogP contribution in [0.4, 0.5) is 5.82 Å². The summed E-state index contributed by atoms with van der Waals surface area (Å²) in [5, 5.41) is 0. The van der Waals surface area contributed by atoms with Gasteiger partial charge in [0, 0.05) is 12.5 Å². The Bertz CT molecular complexity index is 293. The van der Waals surface area contributed by atoms with Crippen molar-refractivity contribution in [3.63, 3.8) is 0 Å². The van der Waals surface area contributed by atoms with Gasteiger partial charge in [0.25, 0.3) is 5.56 Å². The van der Waals surface area contributed by atoms with Gasteiger partial charge < -0.3 is 16.5 Å². The van der Waals surface area contributed by atoms with Gasteiger partial charge >= 0.3 is 0 Å². The minimum absolute atomic E-state index is 0.234. The molecule has 0 amide bonds. The van der Waals surface area contributed by atoms with Crippen LogP contribution in [-0.2, 0) is 6.42 Å². The summed E-state index contributed by atoms with van der Waals surface area (Å²) in [6.45, 7) is 0.451. The largest absolute Gasteiger partial charge is 0.383 e. The molecule has 0 unspecified atom stereocenters. The third-order valence-corrected chi connectivity index (χ3v) is 1.19. The van der Waals surface area contributed by atoms with E-state index in [4.69, 9.17) is 11.5 Å². The Morgan fingerprint density at radius 2 is 2.36 bits per heavy atom. The minimum atomic E-state index is -0.235. The molecule has 0 atom stereocenters. The van der Waals surface area contributed by atoms with Crippen LogP contribution in [-0.4, -0.2) is 16.5 Å². The number of anilines is 1. The van der Waals surface area contributed by atoms with Crippen LogP contribution in [0, 0.1) is 0 Å². The van der Waals surface area contributed by atoms with Crippen molar-refractivity contribution in [3.05, 3.63) is 22.2 Å². The Kier molecular flexibility index (Phi) is 2.22. The Balaban J connectivity index is 2.99. The molecular weight excluding hydrogens is 144 g/mol. The van der Waals surface area contributed by atoms with Gasteiger partial charge in [0.15, 0.2) is 0 Å². The van der Waals surface area contributed by atoms with Gasteiger partial charge in [0.05, 0.1) is 0 Å². The zero-order chi connectivity index (χ0) is 8.27. The third kappa shape index (κ3) is 2.05. The number of nitrogens with two attached hydrogens (primary N) is 2. The van der Waals surface area contributed by atoms with Crippen LogP contribution in [0.5, 0.6) is 0 Å². The number of nitrogens with one attached hydrogen (secondary N) is 1. The Morgan fingerprint density at radius 1 is 1.64 bits per heavy atom. The lowest BCUT2D eigenvalue weighted by Gasteiger charge is -1.97. The van der Waals surface area contributed by atoms with Gasteiger partial charge in [-0.1, -0.05) is 0 Å². The molecule has 0 fully saturated rings. The first-order chi connectivity index (χ1) is 5.22. The molecule has 60 valence electrons. The fraction of sp³-hybridized carbons (Fsp3) is 0.333. The van der Waals surface area contributed by atoms with Gasteiger partial charge in [-0.2, -0.15) is 0 Å². The van der Waals surface area contributed by atoms with Gasteiger partial charge in [0.1, 0.15) is 11.6 Å². The van der Waals surface area contributed by atoms with Crippen LogP contribution >= 0.6 is 0 Å². The lowest BCUT2D eigenvalue weighted by atomic mass is 10.4. The van der Waals surface area contributed by atoms with E-state index in [1.165, 1.54) is 6.07 Å². The lowest BCUT2D eigenvalue weighted by molar-refractivity contribution is 0.860. The molecule has 0 saturated heterocycles. The SMILES string of the molecule is NCCc1nc(N)cc(=O)[nH]1. The quantitative estimate of drug-likeness (QED) is 0.501. The maximum absolute atomic E-state index is 10.8. The number of hydrogen-bond acceptors (Lipinski definition) is 4. The van der Waals surface area contributed by atoms with E-state index in [0.717, 1.165) is 0 Å². The van der Waals surface area contributed by atoms with Crippen molar-refractivity contribution in [1.82, 2.24) is 9.97 Å². The van der Waals surface area contributed by atoms with Crippen molar-refractivity contribution < 1.29 is 0 Å². The number of aromatic nitrogens is 2. The molecule has 0 radical (unpaired) electrons. The zero-order valence-corrected chi connectivity index (χ0v) is 6.00. The van der Waals surface area contributed by atoms with Gasteiger partial charge in [-0.05, 0) is 6.54 Å². The molecule has 1 rings (SSSR count). The number of nitrogen functional groups attached to an aromatic ring is 1. The molecule has 0 saturated carbocycles. The number of H-pyrrole nitrogens is 1. The second kappa shape index (κ2) is 3.16. The molecule has 1 heterocycles. The van der Waals surface area contributed by atoms with Crippen molar-refractivity contribution >= 4 is 5.82 Å². The number of rotatable bonds is 2. The molecule has 1 aromatic rings. The van der Waals surface area contributed by atoms with E-state index >= 15 is 0 Å². The average Bonchev–Trinajstić information content (AvgIpc) is 1.85. The first-order valence-corrected chi connectivity index (χ1v) is 3.28. The molecule has 0 aliphatic rings. The Labute approximate surface area is 63.4 Å². The predicted octanol–water partition coefficient (Wildman–Crippen LogP) is -1.15. The van der Waals surface area contributed by atoms with E-state index in [-0.39, 0.29) is 11.4 Å². The third-order valence-electron chi connectivity index (χ3n) is 1.19. The predicted molar refractivity (Wildman–Crippen MR) is 42.0 cm³/mol. The summed E-state index contributed by atoms with van der Waals surface area (Å²) in [5.74, 6) is 0.773. The fourth-order valence-corrected chi connectivity index (χ4v) is 0.784. The van der Waals surface area contributed by atoms with Gasteiger partial charge in [-0.25, -0.2) is 4.98 Å². The van der Waals surface area contributed by atoms with E-state index < -0.39 is 0 Å². The molecule has 0 bridgehead atoms. The highest BCUT2D eigenvalue weighted by atomic mass is 16.1. The Morgan fingerprint density at radius 3 is 2.91 bits per heavy atom. The molecule has 5 nitrogen and oxygen atoms in total. The highest BCUT2D eigenvalue weighted by molar-refractivity contribution is 5.25. The summed E-state index contributed by atoms with van der Waals surface area (Å²) in [4.78, 5) is 17.2. The summed E-state index contributed by atoms with van der Waals surface area (Å²) in [6.07, 6.45) is 0.542.